The van der Waals surface area contributed by atoms with Crippen LogP contribution in [0.4, 0.5) is 5.82 Å². The van der Waals surface area contributed by atoms with Crippen molar-refractivity contribution < 1.29 is 24.4 Å². The molecule has 0 unspecified atom stereocenters. The first-order valence-electron chi connectivity index (χ1n) is 5.29. The fourth-order valence-corrected chi connectivity index (χ4v) is 1.40. The van der Waals surface area contributed by atoms with Gasteiger partial charge in [-0.3, -0.25) is 9.59 Å². The SMILES string of the molecule is COCCN(CC(=O)O)C(=O)c1ccc([N+](=O)[O-])[nH]1. The van der Waals surface area contributed by atoms with Gasteiger partial charge in [0.05, 0.1) is 6.61 Å². The molecule has 19 heavy (non-hydrogen) atoms. The van der Waals surface area contributed by atoms with E-state index in [0.717, 1.165) is 11.0 Å². The van der Waals surface area contributed by atoms with Gasteiger partial charge in [-0.05, 0) is 11.0 Å². The summed E-state index contributed by atoms with van der Waals surface area (Å²) < 4.78 is 4.78. The summed E-state index contributed by atoms with van der Waals surface area (Å²) in [7, 11) is 1.42. The van der Waals surface area contributed by atoms with Crippen LogP contribution >= 0.6 is 0 Å². The van der Waals surface area contributed by atoms with Gasteiger partial charge in [-0.2, -0.15) is 0 Å². The summed E-state index contributed by atoms with van der Waals surface area (Å²) >= 11 is 0. The molecule has 0 spiro atoms. The molecule has 1 aromatic heterocycles. The first kappa shape index (κ1) is 14.6. The van der Waals surface area contributed by atoms with Gasteiger partial charge in [-0.1, -0.05) is 0 Å². The molecule has 9 heteroatoms. The van der Waals surface area contributed by atoms with E-state index >= 15 is 0 Å². The first-order chi connectivity index (χ1) is 8.95. The number of carbonyl (C=O) groups is 2. The van der Waals surface area contributed by atoms with E-state index in [1.807, 2.05) is 0 Å². The van der Waals surface area contributed by atoms with Crippen LogP contribution in [0.1, 0.15) is 10.5 Å². The Morgan fingerprint density at radius 2 is 2.21 bits per heavy atom. The Bertz CT molecular complexity index is 483. The van der Waals surface area contributed by atoms with Crippen molar-refractivity contribution in [1.82, 2.24) is 9.88 Å². The molecule has 0 aliphatic heterocycles. The van der Waals surface area contributed by atoms with Crippen LogP contribution in [0, 0.1) is 10.1 Å². The number of carboxylic acids is 1. The second-order valence-electron chi connectivity index (χ2n) is 3.63. The lowest BCUT2D eigenvalue weighted by Crippen LogP contribution is -2.38. The van der Waals surface area contributed by atoms with Crippen molar-refractivity contribution >= 4 is 17.7 Å². The fourth-order valence-electron chi connectivity index (χ4n) is 1.40. The topological polar surface area (TPSA) is 126 Å². The third-order valence-corrected chi connectivity index (χ3v) is 2.28. The Morgan fingerprint density at radius 1 is 1.53 bits per heavy atom. The largest absolute Gasteiger partial charge is 0.480 e. The maximum absolute atomic E-state index is 12.0. The minimum Gasteiger partial charge on any atom is -0.480 e. The lowest BCUT2D eigenvalue weighted by molar-refractivity contribution is -0.389. The van der Waals surface area contributed by atoms with Crippen LogP contribution in [-0.4, -0.2) is 58.6 Å². The fraction of sp³-hybridized carbons (Fsp3) is 0.400. The summed E-state index contributed by atoms with van der Waals surface area (Å²) in [5, 5.41) is 19.2. The van der Waals surface area contributed by atoms with Gasteiger partial charge in [0.25, 0.3) is 5.91 Å². The number of amides is 1. The van der Waals surface area contributed by atoms with Crippen molar-refractivity contribution in [3.05, 3.63) is 27.9 Å². The normalized spacial score (nSPS) is 10.2. The number of carbonyl (C=O) groups excluding carboxylic acids is 1. The van der Waals surface area contributed by atoms with Gasteiger partial charge in [-0.15, -0.1) is 0 Å². The van der Waals surface area contributed by atoms with Crippen molar-refractivity contribution in [1.29, 1.82) is 0 Å². The molecule has 0 saturated heterocycles. The number of aliphatic carboxylic acids is 1. The third kappa shape index (κ3) is 4.07. The zero-order valence-electron chi connectivity index (χ0n) is 10.2. The van der Waals surface area contributed by atoms with E-state index in [4.69, 9.17) is 9.84 Å². The van der Waals surface area contributed by atoms with Crippen LogP contribution in [0.2, 0.25) is 0 Å². The van der Waals surface area contributed by atoms with Crippen LogP contribution in [0.15, 0.2) is 12.1 Å². The van der Waals surface area contributed by atoms with Crippen molar-refractivity contribution in [2.24, 2.45) is 0 Å². The standard InChI is InChI=1S/C10H13N3O6/c1-19-5-4-12(6-9(14)15)10(16)7-2-3-8(11-7)13(17)18/h2-3,11H,4-6H2,1H3,(H,14,15). The van der Waals surface area contributed by atoms with E-state index in [2.05, 4.69) is 4.98 Å². The van der Waals surface area contributed by atoms with E-state index in [9.17, 15) is 19.7 Å². The van der Waals surface area contributed by atoms with Crippen LogP contribution < -0.4 is 0 Å². The minimum atomic E-state index is -1.18. The Kier molecular flexibility index (Phi) is 5.01. The predicted octanol–water partition coefficient (Wildman–Crippen LogP) is 0.0961. The number of carboxylic acid groups (broad SMARTS) is 1. The number of nitrogens with zero attached hydrogens (tertiary/aromatic N) is 2. The van der Waals surface area contributed by atoms with Crippen molar-refractivity contribution in [3.63, 3.8) is 0 Å². The Balaban J connectivity index is 2.84. The second kappa shape index (κ2) is 6.50. The number of ether oxygens (including phenoxy) is 1. The molecule has 104 valence electrons. The van der Waals surface area contributed by atoms with Gasteiger partial charge in [0.2, 0.25) is 0 Å². The zero-order valence-corrected chi connectivity index (χ0v) is 10.2. The monoisotopic (exact) mass is 271 g/mol. The quantitative estimate of drug-likeness (QED) is 0.535. The predicted molar refractivity (Wildman–Crippen MR) is 62.9 cm³/mol. The van der Waals surface area contributed by atoms with Gasteiger partial charge >= 0.3 is 11.8 Å². The summed E-state index contributed by atoms with van der Waals surface area (Å²) in [5.41, 5.74) is -0.0379. The molecule has 1 amide bonds. The maximum Gasteiger partial charge on any atom is 0.323 e. The molecule has 0 saturated carbocycles. The maximum atomic E-state index is 12.0. The van der Waals surface area contributed by atoms with Gasteiger partial charge < -0.3 is 24.9 Å². The molecule has 0 bridgehead atoms. The molecule has 2 N–H and O–H groups in total. The molecule has 0 aliphatic carbocycles. The lowest BCUT2D eigenvalue weighted by Gasteiger charge is -2.18. The molecule has 0 atom stereocenters. The lowest BCUT2D eigenvalue weighted by atomic mass is 10.3. The van der Waals surface area contributed by atoms with Gasteiger partial charge in [0.15, 0.2) is 5.69 Å². The van der Waals surface area contributed by atoms with Gasteiger partial charge in [0, 0.05) is 19.7 Å². The summed E-state index contributed by atoms with van der Waals surface area (Å²) in [4.78, 5) is 35.8. The number of aromatic nitrogens is 1. The van der Waals surface area contributed by atoms with Crippen LogP contribution in [-0.2, 0) is 9.53 Å². The molecule has 0 aliphatic rings. The number of hydrogen-bond donors (Lipinski definition) is 2. The van der Waals surface area contributed by atoms with E-state index in [-0.39, 0.29) is 24.7 Å². The number of nitrogens with one attached hydrogen (secondary N) is 1. The zero-order chi connectivity index (χ0) is 14.4. The highest BCUT2D eigenvalue weighted by Gasteiger charge is 2.23. The molecule has 0 aromatic carbocycles. The van der Waals surface area contributed by atoms with E-state index < -0.39 is 23.3 Å². The van der Waals surface area contributed by atoms with Crippen molar-refractivity contribution in [3.8, 4) is 0 Å². The summed E-state index contributed by atoms with van der Waals surface area (Å²) in [6.07, 6.45) is 0. The Morgan fingerprint density at radius 3 is 2.68 bits per heavy atom. The van der Waals surface area contributed by atoms with E-state index in [1.54, 1.807) is 0 Å². The van der Waals surface area contributed by atoms with Gasteiger partial charge in [-0.25, -0.2) is 4.98 Å². The number of rotatable bonds is 7. The molecule has 9 nitrogen and oxygen atoms in total. The second-order valence-corrected chi connectivity index (χ2v) is 3.63. The van der Waals surface area contributed by atoms with Crippen molar-refractivity contribution in [2.45, 2.75) is 0 Å². The molecule has 0 fully saturated rings. The van der Waals surface area contributed by atoms with E-state index in [0.29, 0.717) is 0 Å². The smallest absolute Gasteiger partial charge is 0.323 e. The molecule has 1 heterocycles. The number of nitro groups is 1. The Hall–Kier alpha value is -2.42. The third-order valence-electron chi connectivity index (χ3n) is 2.28. The molecule has 1 rings (SSSR count). The average Bonchev–Trinajstić information content (AvgIpc) is 2.82. The van der Waals surface area contributed by atoms with Crippen LogP contribution in [0.5, 0.6) is 0 Å². The summed E-state index contributed by atoms with van der Waals surface area (Å²) in [6, 6.07) is 2.38. The molecular weight excluding hydrogens is 258 g/mol. The number of aromatic amines is 1. The number of methoxy groups -OCH3 is 1. The highest BCUT2D eigenvalue weighted by molar-refractivity contribution is 5.94. The van der Waals surface area contributed by atoms with Crippen LogP contribution in [0.25, 0.3) is 0 Å². The van der Waals surface area contributed by atoms with Crippen molar-refractivity contribution in [2.75, 3.05) is 26.8 Å². The summed E-state index contributed by atoms with van der Waals surface area (Å²) in [5.74, 6) is -2.14. The molecule has 0 radical (unpaired) electrons. The molecular formula is C10H13N3O6. The number of hydrogen-bond acceptors (Lipinski definition) is 5. The number of H-pyrrole nitrogens is 1. The first-order valence-corrected chi connectivity index (χ1v) is 5.29. The van der Waals surface area contributed by atoms with E-state index in [1.165, 1.54) is 13.2 Å². The summed E-state index contributed by atoms with van der Waals surface area (Å²) in [6.45, 7) is -0.259. The van der Waals surface area contributed by atoms with Crippen LogP contribution in [0.3, 0.4) is 0 Å². The average molecular weight is 271 g/mol. The van der Waals surface area contributed by atoms with Gasteiger partial charge in [0.1, 0.15) is 6.54 Å². The Labute approximate surface area is 107 Å². The molecule has 1 aromatic rings. The minimum absolute atomic E-state index is 0.0379. The highest BCUT2D eigenvalue weighted by Crippen LogP contribution is 2.12. The highest BCUT2D eigenvalue weighted by atomic mass is 16.6.